The molecule has 0 unspecified atom stereocenters. The molecule has 4 nitrogen and oxygen atoms in total. The van der Waals surface area contributed by atoms with E-state index in [2.05, 4.69) is 24.6 Å². The maximum Gasteiger partial charge on any atom is 0.338 e. The largest absolute Gasteiger partial charge is 0.426 e. The number of carbonyl (C=O) groups excluding carboxylic acids is 1. The van der Waals surface area contributed by atoms with E-state index in [9.17, 15) is 10.1 Å². The third-order valence-electron chi connectivity index (χ3n) is 4.07. The number of benzene rings is 1. The molecule has 0 amide bonds. The van der Waals surface area contributed by atoms with Crippen molar-refractivity contribution in [3.8, 4) is 17.3 Å². The third-order valence-corrected chi connectivity index (χ3v) is 5.18. The van der Waals surface area contributed by atoms with Gasteiger partial charge in [0.2, 0.25) is 0 Å². The molecule has 0 aliphatic carbocycles. The van der Waals surface area contributed by atoms with Crippen LogP contribution >= 0.6 is 22.9 Å². The molecule has 0 aliphatic heterocycles. The highest BCUT2D eigenvalue weighted by molar-refractivity contribution is 7.11. The average Bonchev–Trinajstić information content (AvgIpc) is 3.15. The maximum atomic E-state index is 12.1. The Hall–Kier alpha value is -2.42. The van der Waals surface area contributed by atoms with Crippen LogP contribution in [0.25, 0.3) is 16.8 Å². The predicted molar refractivity (Wildman–Crippen MR) is 115 cm³/mol. The van der Waals surface area contributed by atoms with E-state index in [1.807, 2.05) is 17.5 Å². The summed E-state index contributed by atoms with van der Waals surface area (Å²) in [6.45, 7) is 7.34. The third kappa shape index (κ3) is 6.05. The Morgan fingerprint density at radius 2 is 2.00 bits per heavy atom. The molecule has 0 fully saturated rings. The lowest BCUT2D eigenvalue weighted by atomic mass is 10.1. The second kappa shape index (κ2) is 10.8. The van der Waals surface area contributed by atoms with Crippen molar-refractivity contribution in [1.82, 2.24) is 4.98 Å². The van der Waals surface area contributed by atoms with Gasteiger partial charge in [-0.15, -0.1) is 11.3 Å². The lowest BCUT2D eigenvalue weighted by molar-refractivity contribution is -0.135. The van der Waals surface area contributed by atoms with E-state index in [0.717, 1.165) is 36.9 Å². The van der Waals surface area contributed by atoms with Crippen molar-refractivity contribution in [2.75, 3.05) is 0 Å². The Labute approximate surface area is 175 Å². The lowest BCUT2D eigenvalue weighted by Crippen LogP contribution is -2.07. The van der Waals surface area contributed by atoms with E-state index in [0.29, 0.717) is 33.4 Å². The highest BCUT2D eigenvalue weighted by atomic mass is 35.5. The number of carbonyl (C=O) groups is 1. The molecule has 2 aromatic rings. The number of esters is 1. The van der Waals surface area contributed by atoms with Gasteiger partial charge in [0.1, 0.15) is 22.4 Å². The van der Waals surface area contributed by atoms with Crippen LogP contribution in [-0.2, 0) is 9.53 Å². The van der Waals surface area contributed by atoms with Crippen LogP contribution in [0, 0.1) is 11.3 Å². The van der Waals surface area contributed by atoms with Crippen molar-refractivity contribution in [3.63, 3.8) is 0 Å². The van der Waals surface area contributed by atoms with Crippen molar-refractivity contribution >= 4 is 34.5 Å². The zero-order valence-corrected chi connectivity index (χ0v) is 17.7. The molecule has 1 aromatic carbocycles. The quantitative estimate of drug-likeness (QED) is 0.149. The topological polar surface area (TPSA) is 63.0 Å². The second-order valence-corrected chi connectivity index (χ2v) is 7.73. The molecule has 28 heavy (non-hydrogen) atoms. The van der Waals surface area contributed by atoms with Crippen molar-refractivity contribution in [2.45, 2.75) is 46.0 Å². The molecule has 0 N–H and O–H groups in total. The number of aromatic nitrogens is 1. The minimum atomic E-state index is -0.521. The van der Waals surface area contributed by atoms with Gasteiger partial charge in [0.15, 0.2) is 0 Å². The summed E-state index contributed by atoms with van der Waals surface area (Å²) >= 11 is 7.29. The van der Waals surface area contributed by atoms with Crippen molar-refractivity contribution in [3.05, 3.63) is 57.6 Å². The normalized spacial score (nSPS) is 11.5. The Morgan fingerprint density at radius 3 is 2.61 bits per heavy atom. The molecule has 1 heterocycles. The Bertz CT molecular complexity index is 907. The van der Waals surface area contributed by atoms with Gasteiger partial charge in [-0.3, -0.25) is 0 Å². The van der Waals surface area contributed by atoms with Crippen LogP contribution in [0.2, 0.25) is 5.02 Å². The van der Waals surface area contributed by atoms with Crippen LogP contribution in [0.1, 0.15) is 51.0 Å². The summed E-state index contributed by atoms with van der Waals surface area (Å²) in [4.78, 5) is 16.6. The summed E-state index contributed by atoms with van der Waals surface area (Å²) in [6.07, 6.45) is 4.57. The van der Waals surface area contributed by atoms with Gasteiger partial charge in [-0.05, 0) is 25.5 Å². The number of thiazole rings is 1. The Balaban J connectivity index is 2.34. The predicted octanol–water partition coefficient (Wildman–Crippen LogP) is 6.79. The SMILES string of the molecule is C=C(C)C(=O)OC(CCCCCC)=C(C#N)c1nc(-c2ccc(Cl)cc2)cs1. The zero-order chi connectivity index (χ0) is 20.5. The van der Waals surface area contributed by atoms with E-state index in [1.54, 1.807) is 19.1 Å². The van der Waals surface area contributed by atoms with E-state index in [4.69, 9.17) is 16.3 Å². The number of allylic oxidation sites excluding steroid dienone is 2. The smallest absolute Gasteiger partial charge is 0.338 e. The minimum Gasteiger partial charge on any atom is -0.426 e. The number of hydrogen-bond acceptors (Lipinski definition) is 5. The second-order valence-electron chi connectivity index (χ2n) is 6.44. The molecule has 0 spiro atoms. The number of halogens is 1. The summed E-state index contributed by atoms with van der Waals surface area (Å²) in [5.74, 6) is -0.156. The van der Waals surface area contributed by atoms with Gasteiger partial charge in [0.25, 0.3) is 0 Å². The van der Waals surface area contributed by atoms with Crippen molar-refractivity contribution < 1.29 is 9.53 Å². The van der Waals surface area contributed by atoms with Gasteiger partial charge in [-0.1, -0.05) is 56.5 Å². The molecule has 6 heteroatoms. The van der Waals surface area contributed by atoms with Crippen LogP contribution in [0.3, 0.4) is 0 Å². The maximum absolute atomic E-state index is 12.1. The first-order valence-electron chi connectivity index (χ1n) is 9.19. The van der Waals surface area contributed by atoms with Crippen LogP contribution in [-0.4, -0.2) is 11.0 Å². The van der Waals surface area contributed by atoms with Gasteiger partial charge in [0, 0.05) is 28.0 Å². The number of nitriles is 1. The molecule has 0 bridgehead atoms. The van der Waals surface area contributed by atoms with Crippen molar-refractivity contribution in [1.29, 1.82) is 5.26 Å². The lowest BCUT2D eigenvalue weighted by Gasteiger charge is -2.10. The van der Waals surface area contributed by atoms with E-state index >= 15 is 0 Å². The minimum absolute atomic E-state index is 0.296. The first kappa shape index (κ1) is 21.9. The first-order valence-corrected chi connectivity index (χ1v) is 10.4. The Kier molecular flexibility index (Phi) is 8.43. The summed E-state index contributed by atoms with van der Waals surface area (Å²) in [5.41, 5.74) is 2.26. The van der Waals surface area contributed by atoms with Crippen LogP contribution in [0.5, 0.6) is 0 Å². The van der Waals surface area contributed by atoms with E-state index < -0.39 is 5.97 Å². The highest BCUT2D eigenvalue weighted by Crippen LogP contribution is 2.30. The molecule has 0 saturated carbocycles. The summed E-state index contributed by atoms with van der Waals surface area (Å²) in [6, 6.07) is 9.53. The molecule has 0 radical (unpaired) electrons. The summed E-state index contributed by atoms with van der Waals surface area (Å²) in [7, 11) is 0. The number of unbranched alkanes of at least 4 members (excludes halogenated alkanes) is 3. The van der Waals surface area contributed by atoms with Gasteiger partial charge in [-0.25, -0.2) is 9.78 Å². The summed E-state index contributed by atoms with van der Waals surface area (Å²) in [5, 5.41) is 12.8. The van der Waals surface area contributed by atoms with Crippen LogP contribution < -0.4 is 0 Å². The standard InChI is InChI=1S/C22H23ClN2O2S/c1-4-5-6-7-8-20(27-22(26)15(2)3)18(13-24)21-25-19(14-28-21)16-9-11-17(23)12-10-16/h9-12,14H,2,4-8H2,1,3H3. The number of hydrogen-bond donors (Lipinski definition) is 0. The van der Waals surface area contributed by atoms with E-state index in [1.165, 1.54) is 11.3 Å². The number of ether oxygens (including phenoxy) is 1. The average molecular weight is 415 g/mol. The monoisotopic (exact) mass is 414 g/mol. The van der Waals surface area contributed by atoms with E-state index in [-0.39, 0.29) is 0 Å². The number of rotatable bonds is 9. The van der Waals surface area contributed by atoms with Crippen LogP contribution in [0.15, 0.2) is 47.6 Å². The fourth-order valence-electron chi connectivity index (χ4n) is 2.51. The molecule has 0 aliphatic rings. The molecule has 0 saturated heterocycles. The van der Waals surface area contributed by atoms with Gasteiger partial charge in [0.05, 0.1) is 5.69 Å². The number of nitrogens with zero attached hydrogens (tertiary/aromatic N) is 2. The molecule has 2 rings (SSSR count). The first-order chi connectivity index (χ1) is 13.5. The van der Waals surface area contributed by atoms with Gasteiger partial charge >= 0.3 is 5.97 Å². The van der Waals surface area contributed by atoms with Gasteiger partial charge < -0.3 is 4.74 Å². The van der Waals surface area contributed by atoms with Gasteiger partial charge in [-0.2, -0.15) is 5.26 Å². The fraction of sp³-hybridized carbons (Fsp3) is 0.318. The molecule has 0 atom stereocenters. The highest BCUT2D eigenvalue weighted by Gasteiger charge is 2.18. The molecular formula is C22H23ClN2O2S. The molecule has 1 aromatic heterocycles. The zero-order valence-electron chi connectivity index (χ0n) is 16.1. The van der Waals surface area contributed by atoms with Crippen LogP contribution in [0.4, 0.5) is 0 Å². The summed E-state index contributed by atoms with van der Waals surface area (Å²) < 4.78 is 5.50. The fourth-order valence-corrected chi connectivity index (χ4v) is 3.48. The molecular weight excluding hydrogens is 392 g/mol. The molecule has 146 valence electrons. The Morgan fingerprint density at radius 1 is 1.29 bits per heavy atom. The van der Waals surface area contributed by atoms with Crippen molar-refractivity contribution in [2.24, 2.45) is 0 Å².